The SMILES string of the molecule is O=C(O)c1cccc2ncn(C3CC3)c12. The second kappa shape index (κ2) is 2.82. The highest BCUT2D eigenvalue weighted by atomic mass is 16.4. The summed E-state index contributed by atoms with van der Waals surface area (Å²) in [6.45, 7) is 0. The summed E-state index contributed by atoms with van der Waals surface area (Å²) in [5.41, 5.74) is 1.87. The molecule has 1 heterocycles. The van der Waals surface area contributed by atoms with E-state index in [2.05, 4.69) is 4.98 Å². The number of aromatic nitrogens is 2. The topological polar surface area (TPSA) is 55.1 Å². The van der Waals surface area contributed by atoms with Crippen LogP contribution in [0.1, 0.15) is 29.2 Å². The molecule has 4 nitrogen and oxygen atoms in total. The van der Waals surface area contributed by atoms with Gasteiger partial charge in [-0.3, -0.25) is 0 Å². The number of imidazole rings is 1. The largest absolute Gasteiger partial charge is 0.478 e. The number of hydrogen-bond acceptors (Lipinski definition) is 2. The molecule has 3 rings (SSSR count). The lowest BCUT2D eigenvalue weighted by atomic mass is 10.2. The van der Waals surface area contributed by atoms with Gasteiger partial charge in [-0.1, -0.05) is 6.07 Å². The van der Waals surface area contributed by atoms with E-state index >= 15 is 0 Å². The van der Waals surface area contributed by atoms with E-state index in [1.807, 2.05) is 10.6 Å². The van der Waals surface area contributed by atoms with Crippen LogP contribution in [-0.2, 0) is 0 Å². The first-order chi connectivity index (χ1) is 7.27. The van der Waals surface area contributed by atoms with Gasteiger partial charge < -0.3 is 9.67 Å². The Hall–Kier alpha value is -1.84. The molecule has 0 unspecified atom stereocenters. The zero-order valence-corrected chi connectivity index (χ0v) is 8.05. The highest BCUT2D eigenvalue weighted by Crippen LogP contribution is 2.37. The van der Waals surface area contributed by atoms with Crippen molar-refractivity contribution in [1.82, 2.24) is 9.55 Å². The number of hydrogen-bond donors (Lipinski definition) is 1. The van der Waals surface area contributed by atoms with Crippen molar-refractivity contribution in [2.75, 3.05) is 0 Å². The van der Waals surface area contributed by atoms with E-state index in [4.69, 9.17) is 5.11 Å². The Labute approximate surface area is 86.2 Å². The van der Waals surface area contributed by atoms with Crippen molar-refractivity contribution >= 4 is 17.0 Å². The molecule has 0 amide bonds. The molecular formula is C11H10N2O2. The van der Waals surface area contributed by atoms with Gasteiger partial charge in [0.2, 0.25) is 0 Å². The summed E-state index contributed by atoms with van der Waals surface area (Å²) >= 11 is 0. The fourth-order valence-electron chi connectivity index (χ4n) is 1.89. The van der Waals surface area contributed by atoms with Crippen LogP contribution in [0, 0.1) is 0 Å². The van der Waals surface area contributed by atoms with Crippen LogP contribution in [-0.4, -0.2) is 20.6 Å². The number of rotatable bonds is 2. The minimum absolute atomic E-state index is 0.344. The van der Waals surface area contributed by atoms with Gasteiger partial charge in [0.05, 0.1) is 22.9 Å². The summed E-state index contributed by atoms with van der Waals surface area (Å²) in [5.74, 6) is -0.886. The first kappa shape index (κ1) is 8.47. The van der Waals surface area contributed by atoms with Crippen LogP contribution in [0.5, 0.6) is 0 Å². The fraction of sp³-hybridized carbons (Fsp3) is 0.273. The Bertz CT molecular complexity index is 541. The lowest BCUT2D eigenvalue weighted by Crippen LogP contribution is -2.01. The third-order valence-corrected chi connectivity index (χ3v) is 2.76. The first-order valence-corrected chi connectivity index (χ1v) is 4.96. The molecule has 0 aliphatic heterocycles. The van der Waals surface area contributed by atoms with Gasteiger partial charge in [0, 0.05) is 6.04 Å². The number of benzene rings is 1. The third-order valence-electron chi connectivity index (χ3n) is 2.76. The average Bonchev–Trinajstić information content (AvgIpc) is 2.97. The smallest absolute Gasteiger partial charge is 0.337 e. The van der Waals surface area contributed by atoms with Crippen molar-refractivity contribution in [3.63, 3.8) is 0 Å². The number of carbonyl (C=O) groups is 1. The predicted octanol–water partition coefficient (Wildman–Crippen LogP) is 2.07. The molecule has 1 saturated carbocycles. The Balaban J connectivity index is 2.33. The Morgan fingerprint density at radius 3 is 2.93 bits per heavy atom. The molecule has 0 spiro atoms. The monoisotopic (exact) mass is 202 g/mol. The number of aromatic carboxylic acids is 1. The lowest BCUT2D eigenvalue weighted by molar-refractivity contribution is 0.0698. The molecule has 1 aliphatic carbocycles. The average molecular weight is 202 g/mol. The molecule has 1 N–H and O–H groups in total. The molecule has 0 bridgehead atoms. The fourth-order valence-corrected chi connectivity index (χ4v) is 1.89. The van der Waals surface area contributed by atoms with E-state index in [0.29, 0.717) is 11.6 Å². The number of carboxylic acids is 1. The quantitative estimate of drug-likeness (QED) is 0.811. The number of fused-ring (bicyclic) bond motifs is 1. The Kier molecular flexibility index (Phi) is 1.59. The first-order valence-electron chi connectivity index (χ1n) is 4.96. The van der Waals surface area contributed by atoms with Crippen molar-refractivity contribution in [1.29, 1.82) is 0 Å². The van der Waals surface area contributed by atoms with Crippen LogP contribution in [0.3, 0.4) is 0 Å². The van der Waals surface area contributed by atoms with Gasteiger partial charge in [0.1, 0.15) is 0 Å². The van der Waals surface area contributed by atoms with Crippen LogP contribution < -0.4 is 0 Å². The van der Waals surface area contributed by atoms with Crippen LogP contribution >= 0.6 is 0 Å². The molecule has 4 heteroatoms. The van der Waals surface area contributed by atoms with Crippen molar-refractivity contribution < 1.29 is 9.90 Å². The van der Waals surface area contributed by atoms with E-state index in [0.717, 1.165) is 23.9 Å². The second-order valence-corrected chi connectivity index (χ2v) is 3.86. The normalized spacial score (nSPS) is 15.7. The maximum Gasteiger partial charge on any atom is 0.337 e. The number of carboxylic acid groups (broad SMARTS) is 1. The second-order valence-electron chi connectivity index (χ2n) is 3.86. The highest BCUT2D eigenvalue weighted by Gasteiger charge is 2.26. The summed E-state index contributed by atoms with van der Waals surface area (Å²) in [4.78, 5) is 15.3. The van der Waals surface area contributed by atoms with Crippen LogP contribution in [0.15, 0.2) is 24.5 Å². The molecule has 15 heavy (non-hydrogen) atoms. The molecule has 0 saturated heterocycles. The van der Waals surface area contributed by atoms with Gasteiger partial charge in [-0.2, -0.15) is 0 Å². The van der Waals surface area contributed by atoms with Crippen molar-refractivity contribution in [3.05, 3.63) is 30.1 Å². The standard InChI is InChI=1S/C11H10N2O2/c14-11(15)8-2-1-3-9-10(8)13(6-12-9)7-4-5-7/h1-3,6-7H,4-5H2,(H,14,15). The molecule has 1 aliphatic rings. The lowest BCUT2D eigenvalue weighted by Gasteiger charge is -2.03. The van der Waals surface area contributed by atoms with Gasteiger partial charge in [0.15, 0.2) is 0 Å². The third kappa shape index (κ3) is 1.21. The van der Waals surface area contributed by atoms with Crippen molar-refractivity contribution in [2.45, 2.75) is 18.9 Å². The number of para-hydroxylation sites is 1. The van der Waals surface area contributed by atoms with Gasteiger partial charge in [-0.05, 0) is 25.0 Å². The summed E-state index contributed by atoms with van der Waals surface area (Å²) in [6, 6.07) is 5.66. The maximum absolute atomic E-state index is 11.1. The summed E-state index contributed by atoms with van der Waals surface area (Å²) in [6.07, 6.45) is 3.99. The van der Waals surface area contributed by atoms with E-state index in [-0.39, 0.29) is 0 Å². The van der Waals surface area contributed by atoms with Gasteiger partial charge in [-0.15, -0.1) is 0 Å². The van der Waals surface area contributed by atoms with E-state index < -0.39 is 5.97 Å². The number of nitrogens with zero attached hydrogens (tertiary/aromatic N) is 2. The maximum atomic E-state index is 11.1. The molecule has 2 aromatic rings. The predicted molar refractivity (Wildman–Crippen MR) is 55.0 cm³/mol. The van der Waals surface area contributed by atoms with Crippen molar-refractivity contribution in [3.8, 4) is 0 Å². The summed E-state index contributed by atoms with van der Waals surface area (Å²) in [5, 5.41) is 9.09. The summed E-state index contributed by atoms with van der Waals surface area (Å²) < 4.78 is 1.98. The Morgan fingerprint density at radius 2 is 2.27 bits per heavy atom. The zero-order valence-electron chi connectivity index (χ0n) is 8.05. The molecule has 1 aromatic carbocycles. The van der Waals surface area contributed by atoms with Crippen LogP contribution in [0.2, 0.25) is 0 Å². The molecular weight excluding hydrogens is 192 g/mol. The molecule has 0 atom stereocenters. The van der Waals surface area contributed by atoms with Gasteiger partial charge in [-0.25, -0.2) is 9.78 Å². The van der Waals surface area contributed by atoms with E-state index in [9.17, 15) is 4.79 Å². The van der Waals surface area contributed by atoms with Crippen LogP contribution in [0.25, 0.3) is 11.0 Å². The Morgan fingerprint density at radius 1 is 1.47 bits per heavy atom. The minimum atomic E-state index is -0.886. The van der Waals surface area contributed by atoms with Crippen molar-refractivity contribution in [2.24, 2.45) is 0 Å². The van der Waals surface area contributed by atoms with E-state index in [1.54, 1.807) is 18.5 Å². The van der Waals surface area contributed by atoms with E-state index in [1.165, 1.54) is 0 Å². The molecule has 1 aromatic heterocycles. The highest BCUT2D eigenvalue weighted by molar-refractivity contribution is 6.01. The minimum Gasteiger partial charge on any atom is -0.478 e. The van der Waals surface area contributed by atoms with Gasteiger partial charge in [0.25, 0.3) is 0 Å². The molecule has 0 radical (unpaired) electrons. The van der Waals surface area contributed by atoms with Gasteiger partial charge >= 0.3 is 5.97 Å². The zero-order chi connectivity index (χ0) is 10.4. The molecule has 1 fully saturated rings. The van der Waals surface area contributed by atoms with Crippen LogP contribution in [0.4, 0.5) is 0 Å². The summed E-state index contributed by atoms with van der Waals surface area (Å²) in [7, 11) is 0. The molecule has 76 valence electrons.